The number of allylic oxidation sites excluding steroid dienone is 1. The molecule has 3 nitrogen and oxygen atoms in total. The summed E-state index contributed by atoms with van der Waals surface area (Å²) in [7, 11) is 0. The number of hydrogen-bond donors (Lipinski definition) is 1. The zero-order valence-electron chi connectivity index (χ0n) is 18.4. The van der Waals surface area contributed by atoms with Crippen LogP contribution in [-0.2, 0) is 0 Å². The summed E-state index contributed by atoms with van der Waals surface area (Å²) in [6, 6.07) is 14.8. The molecule has 0 aliphatic heterocycles. The lowest BCUT2D eigenvalue weighted by Crippen LogP contribution is -1.97. The van der Waals surface area contributed by atoms with Gasteiger partial charge in [0.15, 0.2) is 5.78 Å². The third-order valence-corrected chi connectivity index (χ3v) is 5.27. The van der Waals surface area contributed by atoms with Crippen LogP contribution in [0.4, 0.5) is 5.69 Å². The molecule has 0 bridgehead atoms. The number of ether oxygens (including phenoxy) is 1. The van der Waals surface area contributed by atoms with Crippen LogP contribution in [0.15, 0.2) is 54.6 Å². The number of anilines is 1. The Balaban J connectivity index is 1.58. The first kappa shape index (κ1) is 23.7. The lowest BCUT2D eigenvalue weighted by atomic mass is 10.1. The summed E-state index contributed by atoms with van der Waals surface area (Å²) in [5.74, 6) is 0.851. The molecule has 0 fully saturated rings. The first-order valence-electron chi connectivity index (χ1n) is 11.5. The first-order valence-corrected chi connectivity index (χ1v) is 11.5. The number of rotatable bonds is 15. The minimum absolute atomic E-state index is 0.0312. The Bertz CT molecular complexity index is 747. The molecule has 0 spiro atoms. The number of nitrogens with two attached hydrogens (primary N) is 1. The molecule has 0 heterocycles. The normalized spacial score (nSPS) is 11.1. The summed E-state index contributed by atoms with van der Waals surface area (Å²) in [5, 5.41) is 0. The van der Waals surface area contributed by atoms with Crippen molar-refractivity contribution in [3.05, 3.63) is 65.7 Å². The van der Waals surface area contributed by atoms with Crippen molar-refractivity contribution < 1.29 is 9.53 Å². The van der Waals surface area contributed by atoms with E-state index in [2.05, 4.69) is 6.92 Å². The largest absolute Gasteiger partial charge is 0.494 e. The molecular formula is C27H37NO2. The molecule has 0 saturated carbocycles. The molecule has 0 amide bonds. The van der Waals surface area contributed by atoms with Crippen LogP contribution in [0.2, 0.25) is 0 Å². The van der Waals surface area contributed by atoms with Gasteiger partial charge in [0.2, 0.25) is 0 Å². The fraction of sp³-hybridized carbons (Fsp3) is 0.444. The van der Waals surface area contributed by atoms with Gasteiger partial charge in [-0.05, 0) is 54.5 Å². The molecule has 2 rings (SSSR count). The van der Waals surface area contributed by atoms with E-state index in [9.17, 15) is 4.79 Å². The molecule has 2 aromatic carbocycles. The maximum atomic E-state index is 12.2. The highest BCUT2D eigenvalue weighted by atomic mass is 16.5. The molecule has 162 valence electrons. The topological polar surface area (TPSA) is 52.3 Å². The van der Waals surface area contributed by atoms with Crippen LogP contribution in [0.1, 0.15) is 87.1 Å². The van der Waals surface area contributed by atoms with Gasteiger partial charge >= 0.3 is 0 Å². The van der Waals surface area contributed by atoms with Crippen LogP contribution in [0.25, 0.3) is 6.08 Å². The average molecular weight is 408 g/mol. The van der Waals surface area contributed by atoms with Gasteiger partial charge < -0.3 is 10.5 Å². The molecule has 0 atom stereocenters. The number of unbranched alkanes of at least 4 members (excludes halogenated alkanes) is 9. The molecule has 0 aromatic heterocycles. The zero-order valence-corrected chi connectivity index (χ0v) is 18.4. The zero-order chi connectivity index (χ0) is 21.4. The van der Waals surface area contributed by atoms with Crippen molar-refractivity contribution in [3.8, 4) is 5.75 Å². The van der Waals surface area contributed by atoms with E-state index in [0.29, 0.717) is 11.3 Å². The minimum atomic E-state index is -0.0312. The maximum absolute atomic E-state index is 12.2. The van der Waals surface area contributed by atoms with Crippen LogP contribution in [0.3, 0.4) is 0 Å². The number of nitrogen functional groups attached to an aromatic ring is 1. The van der Waals surface area contributed by atoms with Crippen molar-refractivity contribution >= 4 is 17.5 Å². The molecule has 0 aliphatic rings. The third-order valence-electron chi connectivity index (χ3n) is 5.27. The summed E-state index contributed by atoms with van der Waals surface area (Å²) >= 11 is 0. The standard InChI is InChI=1S/C27H37NO2/c1-2-3-4-5-6-7-8-9-10-11-22-30-26-19-12-23(13-20-26)14-21-27(29)24-15-17-25(28)18-16-24/h12-21H,2-11,22,28H2,1H3/b21-14+. The molecule has 0 aliphatic carbocycles. The highest BCUT2D eigenvalue weighted by molar-refractivity contribution is 6.06. The quantitative estimate of drug-likeness (QED) is 0.144. The molecule has 0 saturated heterocycles. The van der Waals surface area contributed by atoms with Crippen molar-refractivity contribution in [1.29, 1.82) is 0 Å². The van der Waals surface area contributed by atoms with Gasteiger partial charge in [-0.1, -0.05) is 82.9 Å². The van der Waals surface area contributed by atoms with Crippen LogP contribution < -0.4 is 10.5 Å². The van der Waals surface area contributed by atoms with Crippen LogP contribution >= 0.6 is 0 Å². The van der Waals surface area contributed by atoms with Gasteiger partial charge in [0.1, 0.15) is 5.75 Å². The molecule has 3 heteroatoms. The molecule has 0 radical (unpaired) electrons. The molecule has 30 heavy (non-hydrogen) atoms. The number of carbonyl (C=O) groups is 1. The Kier molecular flexibility index (Phi) is 11.4. The Labute approximate surface area is 182 Å². The summed E-state index contributed by atoms with van der Waals surface area (Å²) in [6.45, 7) is 3.03. The minimum Gasteiger partial charge on any atom is -0.494 e. The summed E-state index contributed by atoms with van der Waals surface area (Å²) in [5.41, 5.74) is 7.92. The fourth-order valence-corrected chi connectivity index (χ4v) is 3.37. The lowest BCUT2D eigenvalue weighted by Gasteiger charge is -2.06. The monoisotopic (exact) mass is 407 g/mol. The van der Waals surface area contributed by atoms with E-state index in [1.807, 2.05) is 30.3 Å². The van der Waals surface area contributed by atoms with Gasteiger partial charge in [0, 0.05) is 11.3 Å². The predicted octanol–water partition coefficient (Wildman–Crippen LogP) is 7.46. The number of benzene rings is 2. The molecule has 0 unspecified atom stereocenters. The van der Waals surface area contributed by atoms with Gasteiger partial charge in [-0.25, -0.2) is 0 Å². The van der Waals surface area contributed by atoms with E-state index in [1.54, 1.807) is 30.3 Å². The Morgan fingerprint density at radius 2 is 1.37 bits per heavy atom. The highest BCUT2D eigenvalue weighted by Gasteiger charge is 2.01. The Morgan fingerprint density at radius 1 is 0.800 bits per heavy atom. The number of ketones is 1. The van der Waals surface area contributed by atoms with E-state index >= 15 is 0 Å². The number of hydrogen-bond acceptors (Lipinski definition) is 3. The molecule has 2 N–H and O–H groups in total. The Hall–Kier alpha value is -2.55. The maximum Gasteiger partial charge on any atom is 0.185 e. The second-order valence-electron chi connectivity index (χ2n) is 7.92. The van der Waals surface area contributed by atoms with E-state index in [1.165, 1.54) is 57.8 Å². The van der Waals surface area contributed by atoms with Crippen molar-refractivity contribution in [2.45, 2.75) is 71.1 Å². The van der Waals surface area contributed by atoms with E-state index in [0.717, 1.165) is 24.3 Å². The highest BCUT2D eigenvalue weighted by Crippen LogP contribution is 2.15. The fourth-order valence-electron chi connectivity index (χ4n) is 3.37. The number of carbonyl (C=O) groups excluding carboxylic acids is 1. The van der Waals surface area contributed by atoms with E-state index in [4.69, 9.17) is 10.5 Å². The van der Waals surface area contributed by atoms with Crippen molar-refractivity contribution in [2.75, 3.05) is 12.3 Å². The van der Waals surface area contributed by atoms with Gasteiger partial charge in [-0.15, -0.1) is 0 Å². The smallest absolute Gasteiger partial charge is 0.185 e. The van der Waals surface area contributed by atoms with Gasteiger partial charge in [-0.3, -0.25) is 4.79 Å². The van der Waals surface area contributed by atoms with Crippen LogP contribution in [-0.4, -0.2) is 12.4 Å². The Morgan fingerprint density at radius 3 is 1.97 bits per heavy atom. The lowest BCUT2D eigenvalue weighted by molar-refractivity contribution is 0.104. The predicted molar refractivity (Wildman–Crippen MR) is 128 cm³/mol. The van der Waals surface area contributed by atoms with E-state index < -0.39 is 0 Å². The van der Waals surface area contributed by atoms with Crippen LogP contribution in [0, 0.1) is 0 Å². The second-order valence-corrected chi connectivity index (χ2v) is 7.92. The van der Waals surface area contributed by atoms with Gasteiger partial charge in [-0.2, -0.15) is 0 Å². The summed E-state index contributed by atoms with van der Waals surface area (Å²) < 4.78 is 5.84. The molecule has 2 aromatic rings. The van der Waals surface area contributed by atoms with Crippen molar-refractivity contribution in [3.63, 3.8) is 0 Å². The van der Waals surface area contributed by atoms with Gasteiger partial charge in [0.05, 0.1) is 6.61 Å². The average Bonchev–Trinajstić information content (AvgIpc) is 2.77. The first-order chi connectivity index (χ1) is 14.7. The van der Waals surface area contributed by atoms with Crippen molar-refractivity contribution in [1.82, 2.24) is 0 Å². The van der Waals surface area contributed by atoms with Gasteiger partial charge in [0.25, 0.3) is 0 Å². The molecular weight excluding hydrogens is 370 g/mol. The van der Waals surface area contributed by atoms with Crippen molar-refractivity contribution in [2.24, 2.45) is 0 Å². The van der Waals surface area contributed by atoms with Crippen LogP contribution in [0.5, 0.6) is 5.75 Å². The summed E-state index contributed by atoms with van der Waals surface area (Å²) in [6.07, 6.45) is 16.7. The third kappa shape index (κ3) is 9.78. The van der Waals surface area contributed by atoms with E-state index in [-0.39, 0.29) is 5.78 Å². The second kappa shape index (κ2) is 14.4. The summed E-state index contributed by atoms with van der Waals surface area (Å²) in [4.78, 5) is 12.2. The SMILES string of the molecule is CCCCCCCCCCCCOc1ccc(/C=C/C(=O)c2ccc(N)cc2)cc1.